The lowest BCUT2D eigenvalue weighted by Gasteiger charge is -2.37. The van der Waals surface area contributed by atoms with E-state index in [9.17, 15) is 4.79 Å². The molecule has 1 aliphatic heterocycles. The van der Waals surface area contributed by atoms with E-state index in [0.29, 0.717) is 11.6 Å². The van der Waals surface area contributed by atoms with E-state index in [-0.39, 0.29) is 18.0 Å². The maximum atomic E-state index is 12.7. The molecule has 108 valence electrons. The third kappa shape index (κ3) is 2.68. The predicted octanol–water partition coefficient (Wildman–Crippen LogP) is 1.70. The van der Waals surface area contributed by atoms with Gasteiger partial charge in [0.25, 0.3) is 5.91 Å². The van der Waals surface area contributed by atoms with Crippen LogP contribution in [0.2, 0.25) is 0 Å². The molecule has 1 saturated heterocycles. The normalized spacial score (nSPS) is 24.5. The molecule has 0 bridgehead atoms. The lowest BCUT2D eigenvalue weighted by molar-refractivity contribution is 0.0577. The molecule has 3 rings (SSSR count). The van der Waals surface area contributed by atoms with Crippen LogP contribution >= 0.6 is 0 Å². The number of piperidine rings is 1. The monoisotopic (exact) mass is 274 g/mol. The Hall–Kier alpha value is -1.49. The summed E-state index contributed by atoms with van der Waals surface area (Å²) in [7, 11) is 0. The van der Waals surface area contributed by atoms with Gasteiger partial charge >= 0.3 is 0 Å². The summed E-state index contributed by atoms with van der Waals surface area (Å²) < 4.78 is 0. The standard InChI is InChI=1S/C15H22N4O/c1-10(16)13-4-2-3-9-19(13)15(20)12-7-8-17-14(18-12)11-5-6-11/h7-8,10-11,13H,2-6,9,16H2,1H3/t10-,13-/m0/s1. The van der Waals surface area contributed by atoms with Gasteiger partial charge in [-0.1, -0.05) is 0 Å². The number of nitrogens with two attached hydrogens (primary N) is 1. The van der Waals surface area contributed by atoms with Crippen molar-refractivity contribution in [1.29, 1.82) is 0 Å². The summed E-state index contributed by atoms with van der Waals surface area (Å²) in [5, 5.41) is 0. The molecule has 5 nitrogen and oxygen atoms in total. The lowest BCUT2D eigenvalue weighted by atomic mass is 9.96. The van der Waals surface area contributed by atoms with Crippen molar-refractivity contribution in [3.63, 3.8) is 0 Å². The fourth-order valence-electron chi connectivity index (χ4n) is 2.93. The highest BCUT2D eigenvalue weighted by atomic mass is 16.2. The van der Waals surface area contributed by atoms with E-state index in [1.54, 1.807) is 12.3 Å². The van der Waals surface area contributed by atoms with Gasteiger partial charge in [0.2, 0.25) is 0 Å². The molecule has 1 aromatic rings. The molecule has 0 radical (unpaired) electrons. The molecule has 1 amide bonds. The predicted molar refractivity (Wildman–Crippen MR) is 76.3 cm³/mol. The van der Waals surface area contributed by atoms with E-state index in [2.05, 4.69) is 9.97 Å². The number of carbonyl (C=O) groups is 1. The Kier molecular flexibility index (Phi) is 3.70. The molecule has 2 aliphatic rings. The van der Waals surface area contributed by atoms with Crippen LogP contribution in [0.15, 0.2) is 12.3 Å². The van der Waals surface area contributed by atoms with Crippen molar-refractivity contribution in [2.24, 2.45) is 5.73 Å². The Bertz CT molecular complexity index is 498. The molecule has 20 heavy (non-hydrogen) atoms. The summed E-state index contributed by atoms with van der Waals surface area (Å²) in [6, 6.07) is 1.86. The first kappa shape index (κ1) is 13.5. The summed E-state index contributed by atoms with van der Waals surface area (Å²) in [4.78, 5) is 23.3. The zero-order valence-electron chi connectivity index (χ0n) is 12.0. The van der Waals surface area contributed by atoms with Crippen molar-refractivity contribution in [3.05, 3.63) is 23.8 Å². The zero-order chi connectivity index (χ0) is 14.1. The topological polar surface area (TPSA) is 72.1 Å². The van der Waals surface area contributed by atoms with Crippen molar-refractivity contribution in [2.75, 3.05) is 6.54 Å². The summed E-state index contributed by atoms with van der Waals surface area (Å²) in [6.45, 7) is 2.76. The Morgan fingerprint density at radius 3 is 2.90 bits per heavy atom. The van der Waals surface area contributed by atoms with Gasteiger partial charge in [0.15, 0.2) is 0 Å². The highest BCUT2D eigenvalue weighted by molar-refractivity contribution is 5.92. The van der Waals surface area contributed by atoms with Gasteiger partial charge in [0.1, 0.15) is 11.5 Å². The van der Waals surface area contributed by atoms with E-state index in [0.717, 1.165) is 44.5 Å². The van der Waals surface area contributed by atoms with Crippen molar-refractivity contribution in [3.8, 4) is 0 Å². The van der Waals surface area contributed by atoms with Gasteiger partial charge in [-0.25, -0.2) is 9.97 Å². The minimum atomic E-state index is 0.00369. The molecular formula is C15H22N4O. The Morgan fingerprint density at radius 2 is 2.20 bits per heavy atom. The van der Waals surface area contributed by atoms with Crippen molar-refractivity contribution in [2.45, 2.75) is 57.0 Å². The molecular weight excluding hydrogens is 252 g/mol. The minimum Gasteiger partial charge on any atom is -0.333 e. The number of hydrogen-bond acceptors (Lipinski definition) is 4. The first-order valence-corrected chi connectivity index (χ1v) is 7.56. The second-order valence-corrected chi connectivity index (χ2v) is 6.00. The first-order valence-electron chi connectivity index (χ1n) is 7.56. The average molecular weight is 274 g/mol. The lowest BCUT2D eigenvalue weighted by Crippen LogP contribution is -2.51. The van der Waals surface area contributed by atoms with Crippen LogP contribution in [0.3, 0.4) is 0 Å². The third-order valence-electron chi connectivity index (χ3n) is 4.25. The van der Waals surface area contributed by atoms with Crippen LogP contribution in [0.1, 0.15) is 61.3 Å². The summed E-state index contributed by atoms with van der Waals surface area (Å²) in [5.41, 5.74) is 6.56. The quantitative estimate of drug-likeness (QED) is 0.910. The number of aromatic nitrogens is 2. The van der Waals surface area contributed by atoms with Gasteiger partial charge in [-0.15, -0.1) is 0 Å². The van der Waals surface area contributed by atoms with Gasteiger partial charge < -0.3 is 10.6 Å². The van der Waals surface area contributed by atoms with Crippen LogP contribution in [-0.4, -0.2) is 39.4 Å². The Morgan fingerprint density at radius 1 is 1.40 bits per heavy atom. The average Bonchev–Trinajstić information content (AvgIpc) is 3.31. The SMILES string of the molecule is C[C@H](N)[C@@H]1CCCCN1C(=O)c1ccnc(C2CC2)n1. The zero-order valence-corrected chi connectivity index (χ0v) is 12.0. The molecule has 2 atom stereocenters. The number of likely N-dealkylation sites (tertiary alicyclic amines) is 1. The molecule has 1 aromatic heterocycles. The maximum absolute atomic E-state index is 12.7. The molecule has 1 saturated carbocycles. The van der Waals surface area contributed by atoms with E-state index in [4.69, 9.17) is 5.73 Å². The van der Waals surface area contributed by atoms with E-state index in [1.807, 2.05) is 11.8 Å². The maximum Gasteiger partial charge on any atom is 0.272 e. The largest absolute Gasteiger partial charge is 0.333 e. The first-order chi connectivity index (χ1) is 9.66. The fraction of sp³-hybridized carbons (Fsp3) is 0.667. The van der Waals surface area contributed by atoms with Crippen LogP contribution in [0.25, 0.3) is 0 Å². The summed E-state index contributed by atoms with van der Waals surface area (Å²) in [6.07, 6.45) is 7.18. The summed E-state index contributed by atoms with van der Waals surface area (Å²) >= 11 is 0. The van der Waals surface area contributed by atoms with Crippen LogP contribution in [0, 0.1) is 0 Å². The Balaban J connectivity index is 1.81. The van der Waals surface area contributed by atoms with Gasteiger partial charge in [0, 0.05) is 30.7 Å². The third-order valence-corrected chi connectivity index (χ3v) is 4.25. The molecule has 0 unspecified atom stereocenters. The van der Waals surface area contributed by atoms with Crippen LogP contribution < -0.4 is 5.73 Å². The number of rotatable bonds is 3. The fourth-order valence-corrected chi connectivity index (χ4v) is 2.93. The molecule has 2 fully saturated rings. The molecule has 0 spiro atoms. The second-order valence-electron chi connectivity index (χ2n) is 6.00. The van der Waals surface area contributed by atoms with Gasteiger partial charge in [-0.2, -0.15) is 0 Å². The molecule has 5 heteroatoms. The number of carbonyl (C=O) groups excluding carboxylic acids is 1. The molecule has 1 aliphatic carbocycles. The molecule has 0 aromatic carbocycles. The van der Waals surface area contributed by atoms with Gasteiger partial charge in [0.05, 0.1) is 0 Å². The van der Waals surface area contributed by atoms with Crippen LogP contribution in [0.4, 0.5) is 0 Å². The van der Waals surface area contributed by atoms with E-state index in [1.165, 1.54) is 0 Å². The van der Waals surface area contributed by atoms with E-state index < -0.39 is 0 Å². The Labute approximate surface area is 119 Å². The van der Waals surface area contributed by atoms with Gasteiger partial charge in [-0.3, -0.25) is 4.79 Å². The van der Waals surface area contributed by atoms with Crippen molar-refractivity contribution >= 4 is 5.91 Å². The summed E-state index contributed by atoms with van der Waals surface area (Å²) in [5.74, 6) is 1.30. The number of nitrogens with zero attached hydrogens (tertiary/aromatic N) is 3. The highest BCUT2D eigenvalue weighted by Crippen LogP contribution is 2.37. The van der Waals surface area contributed by atoms with Crippen molar-refractivity contribution < 1.29 is 4.79 Å². The second kappa shape index (κ2) is 5.48. The van der Waals surface area contributed by atoms with Crippen molar-refractivity contribution in [1.82, 2.24) is 14.9 Å². The van der Waals surface area contributed by atoms with E-state index >= 15 is 0 Å². The smallest absolute Gasteiger partial charge is 0.272 e. The van der Waals surface area contributed by atoms with Gasteiger partial charge in [-0.05, 0) is 45.1 Å². The number of hydrogen-bond donors (Lipinski definition) is 1. The highest BCUT2D eigenvalue weighted by Gasteiger charge is 2.32. The molecule has 2 heterocycles. The number of amides is 1. The van der Waals surface area contributed by atoms with Crippen LogP contribution in [0.5, 0.6) is 0 Å². The minimum absolute atomic E-state index is 0.00369. The van der Waals surface area contributed by atoms with Crippen LogP contribution in [-0.2, 0) is 0 Å². The molecule has 2 N–H and O–H groups in total.